The number of halogens is 2. The van der Waals surface area contributed by atoms with Gasteiger partial charge in [0.1, 0.15) is 5.82 Å². The molecule has 1 rings (SSSR count). The summed E-state index contributed by atoms with van der Waals surface area (Å²) in [5.41, 5.74) is 0. The SMILES string of the molecule is Fc1ccccc1Cl.[K+].[OH-]. The number of hydrogen-bond acceptors (Lipinski definition) is 1. The third-order valence-corrected chi connectivity index (χ3v) is 1.13. The van der Waals surface area contributed by atoms with Crippen LogP contribution in [-0.2, 0) is 0 Å². The first-order chi connectivity index (χ1) is 3.80. The first kappa shape index (κ1) is 13.6. The Kier molecular flexibility index (Phi) is 9.16. The predicted molar refractivity (Wildman–Crippen MR) is 33.3 cm³/mol. The molecular formula is C6H5ClFKO. The maximum atomic E-state index is 12.2. The van der Waals surface area contributed by atoms with Crippen LogP contribution in [0.5, 0.6) is 0 Å². The van der Waals surface area contributed by atoms with Gasteiger partial charge in [-0.2, -0.15) is 0 Å². The third kappa shape index (κ3) is 4.03. The first-order valence-electron chi connectivity index (χ1n) is 2.21. The molecule has 0 saturated heterocycles. The summed E-state index contributed by atoms with van der Waals surface area (Å²) in [4.78, 5) is 0. The van der Waals surface area contributed by atoms with E-state index in [-0.39, 0.29) is 67.7 Å². The van der Waals surface area contributed by atoms with Crippen LogP contribution < -0.4 is 51.4 Å². The van der Waals surface area contributed by atoms with E-state index in [2.05, 4.69) is 0 Å². The molecule has 0 bridgehead atoms. The average Bonchev–Trinajstić information content (AvgIpc) is 1.77. The minimum Gasteiger partial charge on any atom is -0.870 e. The van der Waals surface area contributed by atoms with Crippen molar-refractivity contribution in [2.24, 2.45) is 0 Å². The van der Waals surface area contributed by atoms with Crippen LogP contribution in [0.2, 0.25) is 5.02 Å². The van der Waals surface area contributed by atoms with Gasteiger partial charge in [-0.25, -0.2) is 4.39 Å². The average molecular weight is 187 g/mol. The van der Waals surface area contributed by atoms with Crippen molar-refractivity contribution in [3.63, 3.8) is 0 Å². The molecular weight excluding hydrogens is 182 g/mol. The largest absolute Gasteiger partial charge is 1.00 e. The van der Waals surface area contributed by atoms with E-state index in [1.165, 1.54) is 12.1 Å². The van der Waals surface area contributed by atoms with E-state index in [1.54, 1.807) is 12.1 Å². The molecule has 0 amide bonds. The van der Waals surface area contributed by atoms with Gasteiger partial charge in [-0.1, -0.05) is 23.7 Å². The zero-order valence-electron chi connectivity index (χ0n) is 5.51. The van der Waals surface area contributed by atoms with Gasteiger partial charge in [0.05, 0.1) is 5.02 Å². The van der Waals surface area contributed by atoms with Gasteiger partial charge in [0.25, 0.3) is 0 Å². The van der Waals surface area contributed by atoms with Crippen LogP contribution in [0.1, 0.15) is 0 Å². The summed E-state index contributed by atoms with van der Waals surface area (Å²) in [5, 5.41) is 0.174. The number of hydrogen-bond donors (Lipinski definition) is 0. The Balaban J connectivity index is 0. The molecule has 10 heavy (non-hydrogen) atoms. The molecule has 1 aromatic rings. The van der Waals surface area contributed by atoms with Crippen molar-refractivity contribution in [1.29, 1.82) is 0 Å². The van der Waals surface area contributed by atoms with Gasteiger partial charge in [0.15, 0.2) is 0 Å². The Hall–Kier alpha value is 1.04. The maximum Gasteiger partial charge on any atom is 1.00 e. The molecule has 4 heteroatoms. The quantitative estimate of drug-likeness (QED) is 0.494. The molecule has 0 aromatic heterocycles. The van der Waals surface area contributed by atoms with Crippen molar-refractivity contribution in [2.45, 2.75) is 0 Å². The van der Waals surface area contributed by atoms with Crippen molar-refractivity contribution in [2.75, 3.05) is 0 Å². The van der Waals surface area contributed by atoms with Crippen molar-refractivity contribution >= 4 is 11.6 Å². The molecule has 0 atom stereocenters. The van der Waals surface area contributed by atoms with E-state index in [9.17, 15) is 4.39 Å². The second-order valence-electron chi connectivity index (χ2n) is 1.41. The van der Waals surface area contributed by atoms with Crippen LogP contribution in [0, 0.1) is 5.82 Å². The molecule has 0 aliphatic rings. The van der Waals surface area contributed by atoms with Crippen LogP contribution in [-0.4, -0.2) is 5.48 Å². The van der Waals surface area contributed by atoms with Gasteiger partial charge in [-0.05, 0) is 12.1 Å². The number of benzene rings is 1. The molecule has 0 unspecified atom stereocenters. The van der Waals surface area contributed by atoms with Crippen molar-refractivity contribution in [1.82, 2.24) is 0 Å². The molecule has 1 nitrogen and oxygen atoms in total. The third-order valence-electron chi connectivity index (χ3n) is 0.824. The fraction of sp³-hybridized carbons (Fsp3) is 0. The van der Waals surface area contributed by atoms with Gasteiger partial charge in [0.2, 0.25) is 0 Å². The smallest absolute Gasteiger partial charge is 0.870 e. The van der Waals surface area contributed by atoms with Gasteiger partial charge >= 0.3 is 51.4 Å². The van der Waals surface area contributed by atoms with Crippen molar-refractivity contribution in [3.8, 4) is 0 Å². The van der Waals surface area contributed by atoms with E-state index in [0.29, 0.717) is 0 Å². The van der Waals surface area contributed by atoms with E-state index < -0.39 is 0 Å². The number of rotatable bonds is 0. The van der Waals surface area contributed by atoms with Crippen LogP contribution >= 0.6 is 11.6 Å². The zero-order chi connectivity index (χ0) is 5.98. The normalized spacial score (nSPS) is 7.40. The van der Waals surface area contributed by atoms with Crippen LogP contribution in [0.3, 0.4) is 0 Å². The summed E-state index contributed by atoms with van der Waals surface area (Å²) >= 11 is 5.33. The molecule has 0 saturated carbocycles. The van der Waals surface area contributed by atoms with E-state index in [4.69, 9.17) is 11.6 Å². The molecule has 0 spiro atoms. The van der Waals surface area contributed by atoms with Gasteiger partial charge in [-0.15, -0.1) is 0 Å². The summed E-state index contributed by atoms with van der Waals surface area (Å²) in [6.45, 7) is 0. The van der Waals surface area contributed by atoms with Gasteiger partial charge in [-0.3, -0.25) is 0 Å². The minimum atomic E-state index is -0.367. The zero-order valence-corrected chi connectivity index (χ0v) is 9.39. The topological polar surface area (TPSA) is 30.0 Å². The first-order valence-corrected chi connectivity index (χ1v) is 2.58. The fourth-order valence-corrected chi connectivity index (χ4v) is 0.575. The molecule has 50 valence electrons. The van der Waals surface area contributed by atoms with E-state index >= 15 is 0 Å². The summed E-state index contributed by atoms with van der Waals surface area (Å²) in [5.74, 6) is -0.367. The molecule has 1 aromatic carbocycles. The van der Waals surface area contributed by atoms with Crippen LogP contribution in [0.25, 0.3) is 0 Å². The van der Waals surface area contributed by atoms with Gasteiger partial charge in [0, 0.05) is 0 Å². The molecule has 0 fully saturated rings. The molecule has 0 heterocycles. The second-order valence-corrected chi connectivity index (χ2v) is 1.82. The Morgan fingerprint density at radius 2 is 1.70 bits per heavy atom. The summed E-state index contributed by atoms with van der Waals surface area (Å²) in [6.07, 6.45) is 0. The Labute approximate surface area is 106 Å². The van der Waals surface area contributed by atoms with Gasteiger partial charge < -0.3 is 5.48 Å². The predicted octanol–water partition coefficient (Wildman–Crippen LogP) is -0.694. The van der Waals surface area contributed by atoms with E-state index in [0.717, 1.165) is 0 Å². The standard InChI is InChI=1S/C6H4ClF.K.H2O/c7-5-3-1-2-4-6(5)8;;/h1-4H;;1H2/q;+1;/p-1. The van der Waals surface area contributed by atoms with Crippen molar-refractivity contribution in [3.05, 3.63) is 35.1 Å². The summed E-state index contributed by atoms with van der Waals surface area (Å²) < 4.78 is 12.2. The Morgan fingerprint density at radius 3 is 2.00 bits per heavy atom. The summed E-state index contributed by atoms with van der Waals surface area (Å²) in [6, 6.07) is 6.12. The minimum absolute atomic E-state index is 0. The Bertz CT molecular complexity index is 174. The maximum absolute atomic E-state index is 12.2. The Morgan fingerprint density at radius 1 is 1.20 bits per heavy atom. The molecule has 0 radical (unpaired) electrons. The van der Waals surface area contributed by atoms with E-state index in [1.807, 2.05) is 0 Å². The second kappa shape index (κ2) is 6.73. The van der Waals surface area contributed by atoms with Crippen LogP contribution in [0.4, 0.5) is 4.39 Å². The van der Waals surface area contributed by atoms with Crippen LogP contribution in [0.15, 0.2) is 24.3 Å². The molecule has 1 N–H and O–H groups in total. The summed E-state index contributed by atoms with van der Waals surface area (Å²) in [7, 11) is 0. The molecule has 0 aliphatic heterocycles. The molecule has 0 aliphatic carbocycles. The monoisotopic (exact) mass is 186 g/mol. The van der Waals surface area contributed by atoms with Crippen molar-refractivity contribution < 1.29 is 61.3 Å². The fourth-order valence-electron chi connectivity index (χ4n) is 0.439.